The van der Waals surface area contributed by atoms with Crippen molar-refractivity contribution in [1.29, 1.82) is 0 Å². The standard InChI is InChI=1S/C13H24O/c1-3-13(14)11(2)9-10-12-7-5-4-6-8-12/h11-12H,3-10H2,1-2H3/t11-/m1/s1. The van der Waals surface area contributed by atoms with Crippen molar-refractivity contribution in [1.82, 2.24) is 0 Å². The van der Waals surface area contributed by atoms with Gasteiger partial charge in [-0.1, -0.05) is 46.0 Å². The van der Waals surface area contributed by atoms with Crippen molar-refractivity contribution in [2.24, 2.45) is 11.8 Å². The van der Waals surface area contributed by atoms with Crippen LogP contribution in [0.25, 0.3) is 0 Å². The zero-order valence-corrected chi connectivity index (χ0v) is 9.72. The van der Waals surface area contributed by atoms with Crippen LogP contribution in [0.5, 0.6) is 0 Å². The lowest BCUT2D eigenvalue weighted by atomic mass is 9.83. The minimum absolute atomic E-state index is 0.307. The van der Waals surface area contributed by atoms with E-state index in [4.69, 9.17) is 0 Å². The summed E-state index contributed by atoms with van der Waals surface area (Å²) in [6.07, 6.45) is 10.2. The van der Waals surface area contributed by atoms with Gasteiger partial charge in [0.1, 0.15) is 5.78 Å². The third kappa shape index (κ3) is 3.81. The van der Waals surface area contributed by atoms with E-state index in [2.05, 4.69) is 6.92 Å². The molecule has 0 spiro atoms. The van der Waals surface area contributed by atoms with Crippen LogP contribution >= 0.6 is 0 Å². The van der Waals surface area contributed by atoms with Gasteiger partial charge >= 0.3 is 0 Å². The zero-order valence-electron chi connectivity index (χ0n) is 9.72. The lowest BCUT2D eigenvalue weighted by molar-refractivity contribution is -0.122. The molecule has 0 aromatic rings. The molecule has 0 N–H and O–H groups in total. The van der Waals surface area contributed by atoms with E-state index in [1.54, 1.807) is 0 Å². The number of rotatable bonds is 5. The minimum Gasteiger partial charge on any atom is -0.299 e. The molecule has 0 aliphatic heterocycles. The summed E-state index contributed by atoms with van der Waals surface area (Å²) in [5.74, 6) is 1.68. The van der Waals surface area contributed by atoms with E-state index in [1.807, 2.05) is 6.92 Å². The van der Waals surface area contributed by atoms with Gasteiger partial charge in [0.25, 0.3) is 0 Å². The molecule has 0 unspecified atom stereocenters. The number of hydrogen-bond donors (Lipinski definition) is 0. The van der Waals surface area contributed by atoms with Crippen LogP contribution in [0.3, 0.4) is 0 Å². The van der Waals surface area contributed by atoms with Crippen molar-refractivity contribution in [2.45, 2.75) is 65.2 Å². The summed E-state index contributed by atoms with van der Waals surface area (Å²) in [6, 6.07) is 0. The number of carbonyl (C=O) groups excluding carboxylic acids is 1. The fourth-order valence-electron chi connectivity index (χ4n) is 2.47. The maximum absolute atomic E-state index is 11.4. The van der Waals surface area contributed by atoms with E-state index in [9.17, 15) is 4.79 Å². The van der Waals surface area contributed by atoms with Gasteiger partial charge in [0, 0.05) is 12.3 Å². The first-order chi connectivity index (χ1) is 6.74. The molecule has 0 aromatic heterocycles. The summed E-state index contributed by atoms with van der Waals surface area (Å²) in [5.41, 5.74) is 0. The van der Waals surface area contributed by atoms with Gasteiger partial charge in [-0.25, -0.2) is 0 Å². The molecule has 0 aromatic carbocycles. The highest BCUT2D eigenvalue weighted by Crippen LogP contribution is 2.28. The van der Waals surface area contributed by atoms with Gasteiger partial charge in [-0.05, 0) is 18.8 Å². The smallest absolute Gasteiger partial charge is 0.135 e. The molecule has 1 atom stereocenters. The fourth-order valence-corrected chi connectivity index (χ4v) is 2.47. The Morgan fingerprint density at radius 1 is 1.29 bits per heavy atom. The highest BCUT2D eigenvalue weighted by atomic mass is 16.1. The summed E-state index contributed by atoms with van der Waals surface area (Å²) < 4.78 is 0. The maximum Gasteiger partial charge on any atom is 0.135 e. The predicted molar refractivity (Wildman–Crippen MR) is 60.3 cm³/mol. The molecule has 1 aliphatic rings. The van der Waals surface area contributed by atoms with Gasteiger partial charge in [-0.3, -0.25) is 4.79 Å². The van der Waals surface area contributed by atoms with Crippen LogP contribution in [-0.4, -0.2) is 5.78 Å². The van der Waals surface area contributed by atoms with Crippen molar-refractivity contribution < 1.29 is 4.79 Å². The van der Waals surface area contributed by atoms with E-state index in [-0.39, 0.29) is 0 Å². The van der Waals surface area contributed by atoms with E-state index >= 15 is 0 Å². The van der Waals surface area contributed by atoms with Crippen LogP contribution in [0, 0.1) is 11.8 Å². The highest BCUT2D eigenvalue weighted by Gasteiger charge is 2.16. The van der Waals surface area contributed by atoms with Crippen molar-refractivity contribution in [3.8, 4) is 0 Å². The molecule has 1 nitrogen and oxygen atoms in total. The lowest BCUT2D eigenvalue weighted by Gasteiger charge is -2.22. The average molecular weight is 196 g/mol. The molecule has 1 aliphatic carbocycles. The maximum atomic E-state index is 11.4. The van der Waals surface area contributed by atoms with Gasteiger partial charge < -0.3 is 0 Å². The number of hydrogen-bond acceptors (Lipinski definition) is 1. The molecule has 1 fully saturated rings. The van der Waals surface area contributed by atoms with Gasteiger partial charge in [-0.2, -0.15) is 0 Å². The van der Waals surface area contributed by atoms with E-state index in [1.165, 1.54) is 38.5 Å². The lowest BCUT2D eigenvalue weighted by Crippen LogP contribution is -2.13. The Balaban J connectivity index is 2.15. The summed E-state index contributed by atoms with van der Waals surface area (Å²) >= 11 is 0. The van der Waals surface area contributed by atoms with Crippen LogP contribution in [0.1, 0.15) is 65.2 Å². The first-order valence-electron chi connectivity index (χ1n) is 6.26. The number of Topliss-reactive ketones (excluding diaryl/α,β-unsaturated/α-hetero) is 1. The molecule has 1 rings (SSSR count). The molecule has 0 radical (unpaired) electrons. The Hall–Kier alpha value is -0.330. The van der Waals surface area contributed by atoms with Crippen molar-refractivity contribution >= 4 is 5.78 Å². The summed E-state index contributed by atoms with van der Waals surface area (Å²) in [4.78, 5) is 11.4. The molecule has 0 amide bonds. The minimum atomic E-state index is 0.307. The summed E-state index contributed by atoms with van der Waals surface area (Å²) in [5, 5.41) is 0. The predicted octanol–water partition coefficient (Wildman–Crippen LogP) is 3.96. The Morgan fingerprint density at radius 2 is 1.93 bits per heavy atom. The molecule has 0 heterocycles. The largest absolute Gasteiger partial charge is 0.299 e. The van der Waals surface area contributed by atoms with Crippen LogP contribution in [0.4, 0.5) is 0 Å². The molecule has 0 saturated heterocycles. The Labute approximate surface area is 88.3 Å². The molecular weight excluding hydrogens is 172 g/mol. The van der Waals surface area contributed by atoms with Crippen molar-refractivity contribution in [2.75, 3.05) is 0 Å². The Kier molecular flexibility index (Phi) is 5.21. The zero-order chi connectivity index (χ0) is 10.4. The number of ketones is 1. The summed E-state index contributed by atoms with van der Waals surface area (Å²) in [6.45, 7) is 4.06. The van der Waals surface area contributed by atoms with Crippen molar-refractivity contribution in [3.63, 3.8) is 0 Å². The second-order valence-corrected chi connectivity index (χ2v) is 4.80. The SMILES string of the molecule is CCC(=O)[C@H](C)CCC1CCCCC1. The summed E-state index contributed by atoms with van der Waals surface area (Å²) in [7, 11) is 0. The van der Waals surface area contributed by atoms with E-state index < -0.39 is 0 Å². The second-order valence-electron chi connectivity index (χ2n) is 4.80. The fraction of sp³-hybridized carbons (Fsp3) is 0.923. The third-order valence-electron chi connectivity index (χ3n) is 3.63. The normalized spacial score (nSPS) is 20.7. The second kappa shape index (κ2) is 6.21. The van der Waals surface area contributed by atoms with Crippen LogP contribution in [0.15, 0.2) is 0 Å². The first-order valence-corrected chi connectivity index (χ1v) is 6.26. The Bertz CT molecular complexity index is 168. The highest BCUT2D eigenvalue weighted by molar-refractivity contribution is 5.80. The van der Waals surface area contributed by atoms with Crippen molar-refractivity contribution in [3.05, 3.63) is 0 Å². The van der Waals surface area contributed by atoms with Crippen LogP contribution in [0.2, 0.25) is 0 Å². The van der Waals surface area contributed by atoms with Crippen LogP contribution in [-0.2, 0) is 4.79 Å². The van der Waals surface area contributed by atoms with Gasteiger partial charge in [-0.15, -0.1) is 0 Å². The Morgan fingerprint density at radius 3 is 2.50 bits per heavy atom. The quantitative estimate of drug-likeness (QED) is 0.650. The van der Waals surface area contributed by atoms with E-state index in [0.29, 0.717) is 18.1 Å². The average Bonchev–Trinajstić information content (AvgIpc) is 2.26. The monoisotopic (exact) mass is 196 g/mol. The van der Waals surface area contributed by atoms with Gasteiger partial charge in [0.05, 0.1) is 0 Å². The van der Waals surface area contributed by atoms with Gasteiger partial charge in [0.2, 0.25) is 0 Å². The van der Waals surface area contributed by atoms with E-state index in [0.717, 1.165) is 12.3 Å². The topological polar surface area (TPSA) is 17.1 Å². The van der Waals surface area contributed by atoms with Crippen LogP contribution < -0.4 is 0 Å². The molecule has 1 heteroatoms. The molecule has 14 heavy (non-hydrogen) atoms. The molecule has 0 bridgehead atoms. The number of carbonyl (C=O) groups is 1. The van der Waals surface area contributed by atoms with Gasteiger partial charge in [0.15, 0.2) is 0 Å². The first kappa shape index (κ1) is 11.7. The molecule has 1 saturated carbocycles. The molecular formula is C13H24O. The third-order valence-corrected chi connectivity index (χ3v) is 3.63. The molecule has 82 valence electrons.